The zero-order chi connectivity index (χ0) is 20.2. The maximum atomic E-state index is 10.0. The number of phenols is 1. The molecule has 0 spiro atoms. The van der Waals surface area contributed by atoms with Gasteiger partial charge in [0.25, 0.3) is 0 Å². The Labute approximate surface area is 170 Å². The fourth-order valence-corrected chi connectivity index (χ4v) is 3.67. The van der Waals surface area contributed by atoms with Crippen LogP contribution in [0.5, 0.6) is 11.5 Å². The number of aromatic hydroxyl groups is 1. The van der Waals surface area contributed by atoms with Gasteiger partial charge in [0, 0.05) is 6.42 Å². The summed E-state index contributed by atoms with van der Waals surface area (Å²) in [5.41, 5.74) is 3.83. The first kappa shape index (κ1) is 18.6. The lowest BCUT2D eigenvalue weighted by atomic mass is 9.97. The smallest absolute Gasteiger partial charge is 0.160 e. The summed E-state index contributed by atoms with van der Waals surface area (Å²) >= 11 is 0. The molecular weight excluding hydrogens is 362 g/mol. The summed E-state index contributed by atoms with van der Waals surface area (Å²) in [7, 11) is 1.49. The fourth-order valence-electron chi connectivity index (χ4n) is 3.67. The van der Waals surface area contributed by atoms with Crippen molar-refractivity contribution in [3.8, 4) is 17.6 Å². The fraction of sp³-hybridized carbons (Fsp3) is 0.167. The molecule has 2 atom stereocenters. The summed E-state index contributed by atoms with van der Waals surface area (Å²) in [5, 5.41) is 26.7. The van der Waals surface area contributed by atoms with Crippen LogP contribution in [-0.4, -0.2) is 22.9 Å². The molecule has 29 heavy (non-hydrogen) atoms. The number of rotatable bonds is 5. The first-order chi connectivity index (χ1) is 14.2. The molecular formula is C24H21N3O2. The van der Waals surface area contributed by atoms with Crippen molar-refractivity contribution in [2.75, 3.05) is 7.11 Å². The molecule has 0 saturated carbocycles. The average Bonchev–Trinajstić information content (AvgIpc) is 3.22. The molecule has 3 aromatic rings. The highest BCUT2D eigenvalue weighted by Gasteiger charge is 2.34. The Morgan fingerprint density at radius 2 is 1.76 bits per heavy atom. The minimum Gasteiger partial charge on any atom is -0.504 e. The molecule has 1 aliphatic rings. The number of hydrogen-bond donors (Lipinski definition) is 1. The van der Waals surface area contributed by atoms with Crippen LogP contribution >= 0.6 is 0 Å². The normalized spacial score (nSPS) is 16.8. The molecule has 0 bridgehead atoms. The Morgan fingerprint density at radius 3 is 2.41 bits per heavy atom. The number of phenolic OH excluding ortho intramolecular Hbond substituents is 1. The Kier molecular flexibility index (Phi) is 5.17. The van der Waals surface area contributed by atoms with Crippen LogP contribution in [0.4, 0.5) is 0 Å². The number of benzene rings is 3. The van der Waals surface area contributed by atoms with Crippen LogP contribution in [0.25, 0.3) is 0 Å². The minimum atomic E-state index is -0.615. The lowest BCUT2D eigenvalue weighted by molar-refractivity contribution is 0.196. The van der Waals surface area contributed by atoms with Gasteiger partial charge in [0.2, 0.25) is 0 Å². The van der Waals surface area contributed by atoms with E-state index in [0.29, 0.717) is 12.2 Å². The van der Waals surface area contributed by atoms with Crippen LogP contribution in [0.2, 0.25) is 0 Å². The predicted octanol–water partition coefficient (Wildman–Crippen LogP) is 4.82. The van der Waals surface area contributed by atoms with Crippen LogP contribution < -0.4 is 4.74 Å². The van der Waals surface area contributed by atoms with E-state index in [1.165, 1.54) is 7.11 Å². The van der Waals surface area contributed by atoms with Crippen molar-refractivity contribution < 1.29 is 9.84 Å². The highest BCUT2D eigenvalue weighted by Crippen LogP contribution is 2.40. The molecule has 5 nitrogen and oxygen atoms in total. The standard InChI is InChI=1S/C24H21N3O2/c1-29-24-14-19(12-13-23(24)28)22(16-25)27-21(18-10-6-3-7-11-18)15-20(26-27)17-8-4-2-5-9-17/h2-14,21-22,28H,15H2,1H3/t21-,22-/m1/s1. The Morgan fingerprint density at radius 1 is 1.07 bits per heavy atom. The molecule has 0 unspecified atom stereocenters. The molecule has 3 aromatic carbocycles. The molecule has 0 aromatic heterocycles. The molecule has 1 heterocycles. The van der Waals surface area contributed by atoms with Gasteiger partial charge in [-0.1, -0.05) is 66.7 Å². The van der Waals surface area contributed by atoms with Gasteiger partial charge in [0.1, 0.15) is 0 Å². The van der Waals surface area contributed by atoms with E-state index in [1.807, 2.05) is 53.5 Å². The molecule has 4 rings (SSSR count). The lowest BCUT2D eigenvalue weighted by Gasteiger charge is -2.28. The second-order valence-corrected chi connectivity index (χ2v) is 6.89. The van der Waals surface area contributed by atoms with Gasteiger partial charge in [0.15, 0.2) is 17.5 Å². The minimum absolute atomic E-state index is 0.0439. The molecule has 0 saturated heterocycles. The SMILES string of the molecule is COc1cc([C@@H](C#N)N2N=C(c3ccccc3)C[C@@H]2c2ccccc2)ccc1O. The number of ether oxygens (including phenoxy) is 1. The van der Waals surface area contributed by atoms with Crippen LogP contribution in [-0.2, 0) is 0 Å². The van der Waals surface area contributed by atoms with E-state index < -0.39 is 6.04 Å². The van der Waals surface area contributed by atoms with Crippen molar-refractivity contribution in [2.45, 2.75) is 18.5 Å². The first-order valence-electron chi connectivity index (χ1n) is 9.44. The van der Waals surface area contributed by atoms with E-state index in [9.17, 15) is 10.4 Å². The number of hydrazone groups is 1. The molecule has 0 radical (unpaired) electrons. The summed E-state index contributed by atoms with van der Waals surface area (Å²) in [6.07, 6.45) is 0.710. The number of methoxy groups -OCH3 is 1. The molecule has 5 heteroatoms. The zero-order valence-corrected chi connectivity index (χ0v) is 16.1. The van der Waals surface area contributed by atoms with Gasteiger partial charge >= 0.3 is 0 Å². The average molecular weight is 383 g/mol. The molecule has 0 fully saturated rings. The molecule has 0 amide bonds. The third kappa shape index (κ3) is 3.65. The van der Waals surface area contributed by atoms with Crippen LogP contribution in [0.1, 0.15) is 35.2 Å². The summed E-state index contributed by atoms with van der Waals surface area (Å²) in [6, 6.07) is 26.8. The van der Waals surface area contributed by atoms with Gasteiger partial charge in [-0.25, -0.2) is 0 Å². The molecule has 1 N–H and O–H groups in total. The summed E-state index contributed by atoms with van der Waals surface area (Å²) in [4.78, 5) is 0. The summed E-state index contributed by atoms with van der Waals surface area (Å²) < 4.78 is 5.23. The van der Waals surface area contributed by atoms with Crippen LogP contribution in [0, 0.1) is 11.3 Å². The van der Waals surface area contributed by atoms with E-state index in [2.05, 4.69) is 18.2 Å². The molecule has 1 aliphatic heterocycles. The van der Waals surface area contributed by atoms with Crippen LogP contribution in [0.3, 0.4) is 0 Å². The third-order valence-electron chi connectivity index (χ3n) is 5.14. The van der Waals surface area contributed by atoms with Crippen molar-refractivity contribution in [1.82, 2.24) is 5.01 Å². The highest BCUT2D eigenvalue weighted by atomic mass is 16.5. The van der Waals surface area contributed by atoms with Crippen molar-refractivity contribution in [1.29, 1.82) is 5.26 Å². The van der Waals surface area contributed by atoms with Gasteiger partial charge in [-0.3, -0.25) is 5.01 Å². The lowest BCUT2D eigenvalue weighted by Crippen LogP contribution is -2.24. The maximum Gasteiger partial charge on any atom is 0.160 e. The van der Waals surface area contributed by atoms with E-state index >= 15 is 0 Å². The second-order valence-electron chi connectivity index (χ2n) is 6.89. The summed E-state index contributed by atoms with van der Waals surface area (Å²) in [5.74, 6) is 0.382. The van der Waals surface area contributed by atoms with Gasteiger partial charge in [0.05, 0.1) is 24.9 Å². The van der Waals surface area contributed by atoms with Crippen molar-refractivity contribution in [3.05, 3.63) is 95.6 Å². The monoisotopic (exact) mass is 383 g/mol. The number of hydrogen-bond acceptors (Lipinski definition) is 5. The van der Waals surface area contributed by atoms with Crippen molar-refractivity contribution >= 4 is 5.71 Å². The zero-order valence-electron chi connectivity index (χ0n) is 16.1. The van der Waals surface area contributed by atoms with E-state index in [-0.39, 0.29) is 11.8 Å². The Balaban J connectivity index is 1.77. The van der Waals surface area contributed by atoms with Gasteiger partial charge in [-0.05, 0) is 28.8 Å². The van der Waals surface area contributed by atoms with Gasteiger partial charge in [-0.15, -0.1) is 0 Å². The first-order valence-corrected chi connectivity index (χ1v) is 9.44. The largest absolute Gasteiger partial charge is 0.504 e. The van der Waals surface area contributed by atoms with E-state index in [1.54, 1.807) is 18.2 Å². The molecule has 0 aliphatic carbocycles. The summed E-state index contributed by atoms with van der Waals surface area (Å²) in [6.45, 7) is 0. The number of nitrogens with zero attached hydrogens (tertiary/aromatic N) is 3. The Hall–Kier alpha value is -3.78. The van der Waals surface area contributed by atoms with Crippen molar-refractivity contribution in [2.24, 2.45) is 5.10 Å². The van der Waals surface area contributed by atoms with E-state index in [4.69, 9.17) is 9.84 Å². The molecule has 144 valence electrons. The highest BCUT2D eigenvalue weighted by molar-refractivity contribution is 6.01. The Bertz CT molecular complexity index is 1060. The van der Waals surface area contributed by atoms with Gasteiger partial charge < -0.3 is 9.84 Å². The van der Waals surface area contributed by atoms with Crippen molar-refractivity contribution in [3.63, 3.8) is 0 Å². The van der Waals surface area contributed by atoms with Crippen LogP contribution in [0.15, 0.2) is 84.0 Å². The second kappa shape index (κ2) is 8.07. The topological polar surface area (TPSA) is 68.8 Å². The maximum absolute atomic E-state index is 10.0. The van der Waals surface area contributed by atoms with Gasteiger partial charge in [-0.2, -0.15) is 10.4 Å². The van der Waals surface area contributed by atoms with E-state index in [0.717, 1.165) is 22.4 Å². The third-order valence-corrected chi connectivity index (χ3v) is 5.14. The quantitative estimate of drug-likeness (QED) is 0.686. The predicted molar refractivity (Wildman–Crippen MR) is 112 cm³/mol. The number of nitriles is 1.